The van der Waals surface area contributed by atoms with Crippen LogP contribution in [0.4, 0.5) is 0 Å². The maximum absolute atomic E-state index is 2.55. The van der Waals surface area contributed by atoms with Gasteiger partial charge in [-0.3, -0.25) is 0 Å². The molecule has 0 amide bonds. The summed E-state index contributed by atoms with van der Waals surface area (Å²) in [4.78, 5) is 0. The molecule has 0 saturated carbocycles. The zero-order valence-corrected chi connectivity index (χ0v) is 54.4. The van der Waals surface area contributed by atoms with Crippen molar-refractivity contribution in [2.45, 2.75) is 157 Å². The van der Waals surface area contributed by atoms with Gasteiger partial charge in [-0.1, -0.05) is 0 Å². The number of fused-ring (bicyclic) bond motifs is 9. The van der Waals surface area contributed by atoms with Gasteiger partial charge in [0.15, 0.2) is 0 Å². The van der Waals surface area contributed by atoms with Crippen molar-refractivity contribution in [3.05, 3.63) is 215 Å². The zero-order chi connectivity index (χ0) is 58.4. The second kappa shape index (κ2) is 19.4. The van der Waals surface area contributed by atoms with Crippen LogP contribution < -0.4 is 10.8 Å². The van der Waals surface area contributed by atoms with Crippen LogP contribution in [0.15, 0.2) is 182 Å². The van der Waals surface area contributed by atoms with E-state index in [-0.39, 0.29) is 32.5 Å². The van der Waals surface area contributed by atoms with Crippen molar-refractivity contribution in [3.63, 3.8) is 0 Å². The fraction of sp³-hybridized carbons (Fsp3) is 0.308. The molecule has 3 aromatic heterocycles. The third-order valence-corrected chi connectivity index (χ3v) is 23.8. The van der Waals surface area contributed by atoms with E-state index in [1.807, 2.05) is 0 Å². The van der Waals surface area contributed by atoms with Gasteiger partial charge < -0.3 is 0 Å². The molecule has 0 radical (unpaired) electrons. The molecule has 12 aromatic rings. The molecule has 0 saturated heterocycles. The Kier molecular flexibility index (Phi) is 13.2. The Morgan fingerprint density at radius 1 is 0.207 bits per heavy atom. The first-order valence-corrected chi connectivity index (χ1v) is 33.3. The molecule has 82 heavy (non-hydrogen) atoms. The number of hydrogen-bond acceptors (Lipinski definition) is 0. The molecule has 9 aromatic carbocycles. The minimum atomic E-state index is -2.55. The van der Waals surface area contributed by atoms with E-state index in [0.717, 1.165) is 0 Å². The predicted molar refractivity (Wildman–Crippen MR) is 359 cm³/mol. The Bertz CT molecular complexity index is 3780. The Balaban J connectivity index is 1.01. The van der Waals surface area contributed by atoms with Gasteiger partial charge in [-0.05, 0) is 0 Å². The van der Waals surface area contributed by atoms with Gasteiger partial charge in [0, 0.05) is 0 Å². The van der Waals surface area contributed by atoms with Crippen molar-refractivity contribution in [1.82, 2.24) is 13.7 Å². The summed E-state index contributed by atoms with van der Waals surface area (Å²) in [5.74, 6) is 0. The summed E-state index contributed by atoms with van der Waals surface area (Å²) >= 11 is -2.55. The third kappa shape index (κ3) is 9.80. The third-order valence-electron chi connectivity index (χ3n) is 17.5. The molecule has 0 unspecified atom stereocenters. The molecule has 0 atom stereocenters. The van der Waals surface area contributed by atoms with Crippen molar-refractivity contribution in [2.24, 2.45) is 0 Å². The molecule has 0 fully saturated rings. The van der Waals surface area contributed by atoms with Crippen LogP contribution in [-0.4, -0.2) is 33.3 Å². The summed E-state index contributed by atoms with van der Waals surface area (Å²) < 4.78 is 11.7. The van der Waals surface area contributed by atoms with E-state index < -0.39 is 19.6 Å². The molecule has 0 N–H and O–H groups in total. The van der Waals surface area contributed by atoms with Crippen molar-refractivity contribution in [2.75, 3.05) is 0 Å². The van der Waals surface area contributed by atoms with Gasteiger partial charge in [-0.2, -0.15) is 0 Å². The monoisotopic (exact) mass is 1190 g/mol. The van der Waals surface area contributed by atoms with Crippen LogP contribution in [-0.2, 0) is 32.5 Å². The molecule has 3 nitrogen and oxygen atoms in total. The van der Waals surface area contributed by atoms with Gasteiger partial charge in [0.25, 0.3) is 0 Å². The zero-order valence-electron chi connectivity index (χ0n) is 52.1. The van der Waals surface area contributed by atoms with Crippen LogP contribution in [0.1, 0.15) is 158 Å². The summed E-state index contributed by atoms with van der Waals surface area (Å²) in [5.41, 5.74) is 19.4. The van der Waals surface area contributed by atoms with Crippen LogP contribution in [0, 0.1) is 0 Å². The van der Waals surface area contributed by atoms with Gasteiger partial charge in [0.05, 0.1) is 0 Å². The first-order chi connectivity index (χ1) is 38.4. The van der Waals surface area contributed by atoms with E-state index in [0.29, 0.717) is 0 Å². The van der Waals surface area contributed by atoms with Gasteiger partial charge in [-0.25, -0.2) is 0 Å². The molecule has 0 bridgehead atoms. The van der Waals surface area contributed by atoms with Crippen LogP contribution in [0.25, 0.3) is 82.5 Å². The van der Waals surface area contributed by atoms with Gasteiger partial charge in [-0.15, -0.1) is 0 Å². The van der Waals surface area contributed by atoms with Crippen molar-refractivity contribution in [3.8, 4) is 17.1 Å². The number of hydrogen-bond donors (Lipinski definition) is 0. The molecule has 0 aliphatic heterocycles. The number of nitrogens with zero attached hydrogens (tertiary/aromatic N) is 3. The number of aromatic nitrogens is 3. The molecule has 0 spiro atoms. The van der Waals surface area contributed by atoms with Gasteiger partial charge >= 0.3 is 499 Å². The summed E-state index contributed by atoms with van der Waals surface area (Å²) in [6.45, 7) is 41.7. The second-order valence-corrected chi connectivity index (χ2v) is 35.5. The van der Waals surface area contributed by atoms with E-state index in [4.69, 9.17) is 0 Å². The molecule has 416 valence electrons. The first kappa shape index (κ1) is 55.7. The van der Waals surface area contributed by atoms with Crippen molar-refractivity contribution >= 4 is 95.8 Å². The Morgan fingerprint density at radius 2 is 0.366 bits per heavy atom. The number of benzene rings is 9. The van der Waals surface area contributed by atoms with E-state index in [1.165, 1.54) is 127 Å². The Morgan fingerprint density at radius 3 is 0.512 bits per heavy atom. The molecule has 0 aliphatic carbocycles. The summed E-state index contributed by atoms with van der Waals surface area (Å²) in [5, 5.41) is 7.87. The standard InChI is InChI=1S/C78H84N3Te/c1-73(2,3)49-19-37-67-61(43-49)62-44-50(74(4,5)6)20-38-68(62)79(67)55-25-31-58(32-26-55)82(59-33-27-56(28-34-59)80-69-39-21-51(75(7,8)9)45-63(69)64-46-52(76(10,11)12)22-40-70(64)80)60-35-29-57(30-36-60)81-71-41-23-53(77(13,14)15)47-65(71)66-48-54(78(16,17)18)24-42-72(66)81/h19-48H,1-18H3/q+1. The van der Waals surface area contributed by atoms with Crippen LogP contribution in [0.3, 0.4) is 0 Å². The number of rotatable bonds is 6. The quantitative estimate of drug-likeness (QED) is 0.147. The van der Waals surface area contributed by atoms with E-state index in [9.17, 15) is 0 Å². The van der Waals surface area contributed by atoms with Gasteiger partial charge in [0.1, 0.15) is 0 Å². The predicted octanol–water partition coefficient (Wildman–Crippen LogP) is 19.3. The fourth-order valence-corrected chi connectivity index (χ4v) is 18.1. The molecule has 3 heterocycles. The second-order valence-electron chi connectivity index (χ2n) is 29.7. The summed E-state index contributed by atoms with van der Waals surface area (Å²) in [6, 6.07) is 72.0. The molecular weight excluding hydrogens is 1110 g/mol. The minimum absolute atomic E-state index is 0.0362. The van der Waals surface area contributed by atoms with Crippen LogP contribution >= 0.6 is 0 Å². The molecular formula is C78H84N3Te+. The Labute approximate surface area is 495 Å². The fourth-order valence-electron chi connectivity index (χ4n) is 12.3. The normalized spacial score (nSPS) is 13.4. The summed E-state index contributed by atoms with van der Waals surface area (Å²) in [6.07, 6.45) is 0. The average Bonchev–Trinajstić information content (AvgIpc) is 2.24. The maximum atomic E-state index is 2.50. The van der Waals surface area contributed by atoms with Gasteiger partial charge in [0.2, 0.25) is 0 Å². The summed E-state index contributed by atoms with van der Waals surface area (Å²) in [7, 11) is 0. The first-order valence-electron chi connectivity index (χ1n) is 29.8. The van der Waals surface area contributed by atoms with Crippen LogP contribution in [0.2, 0.25) is 0 Å². The van der Waals surface area contributed by atoms with Crippen molar-refractivity contribution < 1.29 is 0 Å². The molecule has 12 rings (SSSR count). The molecule has 0 aliphatic rings. The molecule has 4 heteroatoms. The Hall–Kier alpha value is -6.83. The van der Waals surface area contributed by atoms with E-state index in [1.54, 1.807) is 0 Å². The van der Waals surface area contributed by atoms with Crippen LogP contribution in [0.5, 0.6) is 0 Å². The van der Waals surface area contributed by atoms with E-state index in [2.05, 4.69) is 320 Å². The topological polar surface area (TPSA) is 14.8 Å². The van der Waals surface area contributed by atoms with E-state index >= 15 is 0 Å². The SMILES string of the molecule is CC(C)(C)c1ccc2c(c1)c1cc(C(C)(C)C)ccc1n2-c1ccc([Te+](c2ccc(-n3c4ccc(C(C)(C)C)cc4c4cc(C(C)(C)C)ccc43)cc2)c2ccc(-n3c4ccc(C(C)(C)C)cc4c4cc(C(C)(C)C)ccc43)cc2)cc1. The van der Waals surface area contributed by atoms with Crippen molar-refractivity contribution in [1.29, 1.82) is 0 Å². The average molecular weight is 1190 g/mol.